The molecule has 0 atom stereocenters. The van der Waals surface area contributed by atoms with Gasteiger partial charge in [0.1, 0.15) is 18.8 Å². The lowest BCUT2D eigenvalue weighted by Crippen LogP contribution is -3.14. The normalized spacial score (nSPS) is 14.6. The smallest absolute Gasteiger partial charge is 0.187 e. The maximum Gasteiger partial charge on any atom is 0.187 e. The van der Waals surface area contributed by atoms with Crippen LogP contribution in [0.25, 0.3) is 16.9 Å². The molecule has 1 aromatic heterocycles. The first-order valence-electron chi connectivity index (χ1n) is 10.5. The molecule has 1 fully saturated rings. The van der Waals surface area contributed by atoms with Crippen molar-refractivity contribution in [2.75, 3.05) is 39.4 Å². The number of thiocarbonyl (C=S) groups is 1. The van der Waals surface area contributed by atoms with Gasteiger partial charge >= 0.3 is 0 Å². The van der Waals surface area contributed by atoms with Crippen molar-refractivity contribution in [3.63, 3.8) is 0 Å². The minimum Gasteiger partial charge on any atom is -0.370 e. The molecule has 3 aromatic rings. The zero-order valence-electron chi connectivity index (χ0n) is 17.3. The monoisotopic (exact) mass is 435 g/mol. The Balaban J connectivity index is 1.40. The number of morpholine rings is 1. The van der Waals surface area contributed by atoms with E-state index in [1.165, 1.54) is 4.90 Å². The number of para-hydroxylation sites is 1. The Morgan fingerprint density at radius 2 is 1.81 bits per heavy atom. The van der Waals surface area contributed by atoms with Crippen molar-refractivity contribution in [2.24, 2.45) is 5.10 Å². The highest BCUT2D eigenvalue weighted by Gasteiger charge is 2.13. The highest BCUT2D eigenvalue weighted by molar-refractivity contribution is 7.80. The minimum atomic E-state index is 0.514. The Bertz CT molecular complexity index is 999. The van der Waals surface area contributed by atoms with Gasteiger partial charge in [-0.1, -0.05) is 48.5 Å². The van der Waals surface area contributed by atoms with E-state index < -0.39 is 0 Å². The standard InChI is InChI=1S/C23H26N6OS/c31-23(24-11-12-28-13-15-30-16-14-28)26-25-17-20-18-29(21-9-5-2-6-10-21)27-22(20)19-7-3-1-4-8-19/h1-10,17-18H,11-16H2,(H2,24,26,31)/p+1/b25-17-. The molecule has 0 amide bonds. The molecule has 0 unspecified atom stereocenters. The summed E-state index contributed by atoms with van der Waals surface area (Å²) < 4.78 is 7.25. The van der Waals surface area contributed by atoms with E-state index in [9.17, 15) is 0 Å². The average Bonchev–Trinajstić information content (AvgIpc) is 3.25. The van der Waals surface area contributed by atoms with E-state index in [0.717, 1.165) is 61.9 Å². The molecule has 0 radical (unpaired) electrons. The zero-order valence-corrected chi connectivity index (χ0v) is 18.1. The number of quaternary nitrogens is 1. The molecule has 2 heterocycles. The number of benzene rings is 2. The number of rotatable bonds is 7. The largest absolute Gasteiger partial charge is 0.370 e. The second kappa shape index (κ2) is 10.8. The van der Waals surface area contributed by atoms with Gasteiger partial charge in [0.25, 0.3) is 0 Å². The van der Waals surface area contributed by atoms with Crippen molar-refractivity contribution in [3.8, 4) is 16.9 Å². The fourth-order valence-corrected chi connectivity index (χ4v) is 3.63. The summed E-state index contributed by atoms with van der Waals surface area (Å²) in [4.78, 5) is 1.53. The highest BCUT2D eigenvalue weighted by Crippen LogP contribution is 2.22. The van der Waals surface area contributed by atoms with Gasteiger partial charge in [-0.25, -0.2) is 4.68 Å². The van der Waals surface area contributed by atoms with E-state index in [4.69, 9.17) is 22.1 Å². The summed E-state index contributed by atoms with van der Waals surface area (Å²) in [6, 6.07) is 20.1. The number of nitrogens with zero attached hydrogens (tertiary/aromatic N) is 3. The molecule has 31 heavy (non-hydrogen) atoms. The second-order valence-corrected chi connectivity index (χ2v) is 7.73. The van der Waals surface area contributed by atoms with Crippen molar-refractivity contribution in [1.82, 2.24) is 20.5 Å². The summed E-state index contributed by atoms with van der Waals surface area (Å²) >= 11 is 5.35. The fraction of sp³-hybridized carbons (Fsp3) is 0.261. The van der Waals surface area contributed by atoms with Gasteiger partial charge in [-0.3, -0.25) is 5.43 Å². The molecule has 1 saturated heterocycles. The molecule has 1 aliphatic heterocycles. The Morgan fingerprint density at radius 1 is 1.10 bits per heavy atom. The van der Waals surface area contributed by atoms with Crippen molar-refractivity contribution in [3.05, 3.63) is 72.4 Å². The van der Waals surface area contributed by atoms with Crippen LogP contribution in [0.3, 0.4) is 0 Å². The Hall–Kier alpha value is -3.07. The molecule has 4 rings (SSSR count). The van der Waals surface area contributed by atoms with Crippen LogP contribution in [-0.2, 0) is 4.74 Å². The minimum absolute atomic E-state index is 0.514. The number of hydrogen-bond donors (Lipinski definition) is 3. The number of nitrogens with one attached hydrogen (secondary N) is 3. The van der Waals surface area contributed by atoms with Crippen LogP contribution in [0.5, 0.6) is 0 Å². The molecule has 0 aliphatic carbocycles. The van der Waals surface area contributed by atoms with Crippen molar-refractivity contribution in [2.45, 2.75) is 0 Å². The van der Waals surface area contributed by atoms with E-state index in [1.54, 1.807) is 6.21 Å². The van der Waals surface area contributed by atoms with E-state index >= 15 is 0 Å². The van der Waals surface area contributed by atoms with Gasteiger partial charge in [0.2, 0.25) is 0 Å². The van der Waals surface area contributed by atoms with Crippen LogP contribution in [0.2, 0.25) is 0 Å². The number of ether oxygens (including phenoxy) is 1. The third-order valence-corrected chi connectivity index (χ3v) is 5.38. The van der Waals surface area contributed by atoms with Crippen LogP contribution in [0.15, 0.2) is 72.0 Å². The Morgan fingerprint density at radius 3 is 2.55 bits per heavy atom. The topological polar surface area (TPSA) is 67.9 Å². The maximum atomic E-state index is 5.39. The lowest BCUT2D eigenvalue weighted by atomic mass is 10.1. The third-order valence-electron chi connectivity index (χ3n) is 5.14. The van der Waals surface area contributed by atoms with Gasteiger partial charge < -0.3 is 15.0 Å². The van der Waals surface area contributed by atoms with E-state index in [1.807, 2.05) is 71.5 Å². The number of hydrogen-bond acceptors (Lipinski definition) is 4. The predicted octanol–water partition coefficient (Wildman–Crippen LogP) is 1.25. The van der Waals surface area contributed by atoms with Crippen molar-refractivity contribution in [1.29, 1.82) is 0 Å². The molecular formula is C23H27N6OS+. The highest BCUT2D eigenvalue weighted by atomic mass is 32.1. The third kappa shape index (κ3) is 5.97. The quantitative estimate of drug-likeness (QED) is 0.296. The first-order chi connectivity index (χ1) is 15.3. The zero-order chi connectivity index (χ0) is 21.3. The lowest BCUT2D eigenvalue weighted by Gasteiger charge is -2.23. The van der Waals surface area contributed by atoms with Crippen molar-refractivity contribution < 1.29 is 9.64 Å². The molecule has 1 aliphatic rings. The Kier molecular flexibility index (Phi) is 7.38. The van der Waals surface area contributed by atoms with Gasteiger partial charge in [0, 0.05) is 17.3 Å². The van der Waals surface area contributed by atoms with Crippen LogP contribution in [0.4, 0.5) is 0 Å². The molecule has 2 aromatic carbocycles. The van der Waals surface area contributed by atoms with E-state index in [-0.39, 0.29) is 0 Å². The molecular weight excluding hydrogens is 408 g/mol. The van der Waals surface area contributed by atoms with Crippen LogP contribution in [-0.4, -0.2) is 60.5 Å². The molecule has 7 nitrogen and oxygen atoms in total. The first kappa shape index (κ1) is 21.2. The van der Waals surface area contributed by atoms with Gasteiger partial charge in [-0.05, 0) is 24.4 Å². The maximum absolute atomic E-state index is 5.39. The number of aromatic nitrogens is 2. The number of hydrazone groups is 1. The van der Waals surface area contributed by atoms with Gasteiger partial charge in [-0.2, -0.15) is 10.2 Å². The average molecular weight is 436 g/mol. The summed E-state index contributed by atoms with van der Waals surface area (Å²) in [5.74, 6) is 0. The van der Waals surface area contributed by atoms with E-state index in [0.29, 0.717) is 5.11 Å². The van der Waals surface area contributed by atoms with Crippen LogP contribution >= 0.6 is 12.2 Å². The molecule has 0 bridgehead atoms. The summed E-state index contributed by atoms with van der Waals surface area (Å²) in [5.41, 5.74) is 6.72. The van der Waals surface area contributed by atoms with Crippen molar-refractivity contribution >= 4 is 23.5 Å². The summed E-state index contributed by atoms with van der Waals surface area (Å²) in [6.07, 6.45) is 3.73. The van der Waals surface area contributed by atoms with E-state index in [2.05, 4.69) is 15.8 Å². The summed E-state index contributed by atoms with van der Waals surface area (Å²) in [5, 5.41) is 12.9. The van der Waals surface area contributed by atoms with Gasteiger partial charge in [0.15, 0.2) is 5.11 Å². The molecule has 0 spiro atoms. The Labute approximate surface area is 187 Å². The first-order valence-corrected chi connectivity index (χ1v) is 10.9. The predicted molar refractivity (Wildman–Crippen MR) is 127 cm³/mol. The lowest BCUT2D eigenvalue weighted by molar-refractivity contribution is -0.906. The molecule has 0 saturated carbocycles. The summed E-state index contributed by atoms with van der Waals surface area (Å²) in [6.45, 7) is 5.58. The molecule has 3 N–H and O–H groups in total. The fourth-order valence-electron chi connectivity index (χ4n) is 3.48. The molecule has 160 valence electrons. The van der Waals surface area contributed by atoms with Gasteiger partial charge in [0.05, 0.1) is 38.2 Å². The van der Waals surface area contributed by atoms with Crippen LogP contribution in [0, 0.1) is 0 Å². The second-order valence-electron chi connectivity index (χ2n) is 7.32. The van der Waals surface area contributed by atoms with Crippen LogP contribution in [0.1, 0.15) is 5.56 Å². The molecule has 8 heteroatoms. The summed E-state index contributed by atoms with van der Waals surface area (Å²) in [7, 11) is 0. The van der Waals surface area contributed by atoms with Crippen LogP contribution < -0.4 is 15.6 Å². The SMILES string of the molecule is S=C(NCC[NH+]1CCOCC1)N/N=C\c1cn(-c2ccccc2)nc1-c1ccccc1. The van der Waals surface area contributed by atoms with Gasteiger partial charge in [-0.15, -0.1) is 0 Å².